The van der Waals surface area contributed by atoms with Crippen LogP contribution in [0.5, 0.6) is 0 Å². The van der Waals surface area contributed by atoms with E-state index in [0.717, 1.165) is 3.79 Å². The van der Waals surface area contributed by atoms with E-state index in [1.807, 2.05) is 0 Å². The van der Waals surface area contributed by atoms with Crippen molar-refractivity contribution < 1.29 is 4.79 Å². The predicted molar refractivity (Wildman–Crippen MR) is 58.6 cm³/mol. The van der Waals surface area contributed by atoms with Crippen molar-refractivity contribution in [1.29, 1.82) is 0 Å². The molecular formula is C6H5BrN6OS. The number of hydrogen-bond donors (Lipinski definition) is 3. The highest BCUT2D eigenvalue weighted by Crippen LogP contribution is 2.23. The molecule has 2 aromatic heterocycles. The van der Waals surface area contributed by atoms with Gasteiger partial charge in [-0.25, -0.2) is 4.98 Å². The van der Waals surface area contributed by atoms with E-state index in [1.165, 1.54) is 11.3 Å². The van der Waals surface area contributed by atoms with Gasteiger partial charge in [-0.3, -0.25) is 15.2 Å². The standard InChI is InChI=1S/C6H5BrN6OS/c7-2-1-9-6(15-2)11-4(14)3-10-5(8)13-12-3/h1H,(H,9,11,14)(H3,8,10,12,13). The minimum Gasteiger partial charge on any atom is -0.366 e. The van der Waals surface area contributed by atoms with Crippen molar-refractivity contribution in [2.45, 2.75) is 0 Å². The molecule has 0 spiro atoms. The smallest absolute Gasteiger partial charge is 0.294 e. The fourth-order valence-electron chi connectivity index (χ4n) is 0.845. The van der Waals surface area contributed by atoms with E-state index in [9.17, 15) is 4.79 Å². The van der Waals surface area contributed by atoms with E-state index < -0.39 is 5.91 Å². The first-order chi connectivity index (χ1) is 7.15. The summed E-state index contributed by atoms with van der Waals surface area (Å²) >= 11 is 4.53. The first-order valence-corrected chi connectivity index (χ1v) is 5.36. The summed E-state index contributed by atoms with van der Waals surface area (Å²) in [5.74, 6) is -0.347. The molecule has 0 radical (unpaired) electrons. The van der Waals surface area contributed by atoms with E-state index in [-0.39, 0.29) is 11.8 Å². The predicted octanol–water partition coefficient (Wildman–Crippen LogP) is 0.858. The van der Waals surface area contributed by atoms with Gasteiger partial charge in [0.25, 0.3) is 5.91 Å². The zero-order valence-electron chi connectivity index (χ0n) is 7.19. The second kappa shape index (κ2) is 3.95. The Morgan fingerprint density at radius 1 is 1.67 bits per heavy atom. The Morgan fingerprint density at radius 2 is 2.47 bits per heavy atom. The molecule has 2 rings (SSSR count). The van der Waals surface area contributed by atoms with Gasteiger partial charge in [0.05, 0.1) is 9.98 Å². The summed E-state index contributed by atoms with van der Waals surface area (Å²) in [6.07, 6.45) is 1.59. The first kappa shape index (κ1) is 10.1. The molecule has 0 unspecified atom stereocenters. The van der Waals surface area contributed by atoms with Gasteiger partial charge >= 0.3 is 0 Å². The maximum Gasteiger partial charge on any atom is 0.294 e. The topological polar surface area (TPSA) is 110 Å². The van der Waals surface area contributed by atoms with Crippen LogP contribution in [0.3, 0.4) is 0 Å². The van der Waals surface area contributed by atoms with Crippen LogP contribution in [0.2, 0.25) is 0 Å². The number of amides is 1. The van der Waals surface area contributed by atoms with E-state index >= 15 is 0 Å². The lowest BCUT2D eigenvalue weighted by atomic mass is 10.6. The van der Waals surface area contributed by atoms with Crippen molar-refractivity contribution in [2.75, 3.05) is 11.1 Å². The molecule has 78 valence electrons. The van der Waals surface area contributed by atoms with Crippen LogP contribution in [0.25, 0.3) is 0 Å². The number of nitrogens with one attached hydrogen (secondary N) is 2. The lowest BCUT2D eigenvalue weighted by Crippen LogP contribution is -2.13. The molecule has 0 fully saturated rings. The van der Waals surface area contributed by atoms with Gasteiger partial charge in [0.15, 0.2) is 5.13 Å². The minimum absolute atomic E-state index is 0.0282. The Labute approximate surface area is 96.2 Å². The molecule has 0 saturated heterocycles. The van der Waals surface area contributed by atoms with E-state index in [0.29, 0.717) is 5.13 Å². The minimum atomic E-state index is -0.430. The Morgan fingerprint density at radius 3 is 3.00 bits per heavy atom. The number of thiazole rings is 1. The summed E-state index contributed by atoms with van der Waals surface area (Å²) in [5.41, 5.74) is 5.26. The number of nitrogens with two attached hydrogens (primary N) is 1. The van der Waals surface area contributed by atoms with Crippen molar-refractivity contribution in [3.8, 4) is 0 Å². The third-order valence-corrected chi connectivity index (χ3v) is 2.81. The zero-order chi connectivity index (χ0) is 10.8. The Hall–Kier alpha value is -1.48. The van der Waals surface area contributed by atoms with E-state index in [1.54, 1.807) is 6.20 Å². The molecule has 0 aromatic carbocycles. The monoisotopic (exact) mass is 288 g/mol. The Kier molecular flexibility index (Phi) is 2.64. The molecule has 9 heteroatoms. The second-order valence-corrected chi connectivity index (χ2v) is 4.88. The molecule has 0 atom stereocenters. The van der Waals surface area contributed by atoms with Crippen LogP contribution < -0.4 is 11.1 Å². The largest absolute Gasteiger partial charge is 0.366 e. The first-order valence-electron chi connectivity index (χ1n) is 3.75. The van der Waals surface area contributed by atoms with Gasteiger partial charge in [0, 0.05) is 0 Å². The number of aromatic nitrogens is 4. The maximum absolute atomic E-state index is 11.5. The van der Waals surface area contributed by atoms with Crippen LogP contribution in [-0.4, -0.2) is 26.1 Å². The van der Waals surface area contributed by atoms with Gasteiger partial charge < -0.3 is 5.73 Å². The molecule has 4 N–H and O–H groups in total. The highest BCUT2D eigenvalue weighted by Gasteiger charge is 2.12. The summed E-state index contributed by atoms with van der Waals surface area (Å²) in [6, 6.07) is 0. The third kappa shape index (κ3) is 2.30. The van der Waals surface area contributed by atoms with Crippen molar-refractivity contribution in [3.63, 3.8) is 0 Å². The van der Waals surface area contributed by atoms with E-state index in [4.69, 9.17) is 5.73 Å². The zero-order valence-corrected chi connectivity index (χ0v) is 9.59. The number of nitrogens with zero attached hydrogens (tertiary/aromatic N) is 3. The van der Waals surface area contributed by atoms with Crippen LogP contribution in [0.1, 0.15) is 10.6 Å². The molecular weight excluding hydrogens is 284 g/mol. The Balaban J connectivity index is 2.10. The third-order valence-electron chi connectivity index (χ3n) is 1.42. The highest BCUT2D eigenvalue weighted by molar-refractivity contribution is 9.11. The molecule has 0 aliphatic carbocycles. The van der Waals surface area contributed by atoms with Crippen molar-refractivity contribution >= 4 is 44.3 Å². The number of rotatable bonds is 2. The lowest BCUT2D eigenvalue weighted by Gasteiger charge is -1.95. The summed E-state index contributed by atoms with van der Waals surface area (Å²) in [5, 5.41) is 8.95. The van der Waals surface area contributed by atoms with Crippen LogP contribution in [-0.2, 0) is 0 Å². The number of halogens is 1. The van der Waals surface area contributed by atoms with Gasteiger partial charge in [-0.2, -0.15) is 4.98 Å². The average molecular weight is 289 g/mol. The van der Waals surface area contributed by atoms with Gasteiger partial charge in [-0.15, -0.1) is 5.10 Å². The average Bonchev–Trinajstić information content (AvgIpc) is 2.75. The Bertz CT molecular complexity index is 493. The molecule has 0 bridgehead atoms. The molecule has 0 saturated carbocycles. The van der Waals surface area contributed by atoms with Crippen LogP contribution in [0.4, 0.5) is 11.1 Å². The number of nitrogen functional groups attached to an aromatic ring is 1. The van der Waals surface area contributed by atoms with Crippen LogP contribution in [0, 0.1) is 0 Å². The van der Waals surface area contributed by atoms with Crippen molar-refractivity contribution in [1.82, 2.24) is 20.2 Å². The second-order valence-electron chi connectivity index (χ2n) is 2.47. The number of carbonyl (C=O) groups excluding carboxylic acids is 1. The van der Waals surface area contributed by atoms with Gasteiger partial charge in [0.2, 0.25) is 11.8 Å². The van der Waals surface area contributed by atoms with Gasteiger partial charge in [0.1, 0.15) is 0 Å². The molecule has 0 aliphatic heterocycles. The van der Waals surface area contributed by atoms with Crippen molar-refractivity contribution in [3.05, 3.63) is 15.8 Å². The van der Waals surface area contributed by atoms with E-state index in [2.05, 4.69) is 41.4 Å². The quantitative estimate of drug-likeness (QED) is 0.759. The number of anilines is 2. The van der Waals surface area contributed by atoms with Crippen LogP contribution in [0.15, 0.2) is 9.98 Å². The molecule has 2 aromatic rings. The number of H-pyrrole nitrogens is 1. The highest BCUT2D eigenvalue weighted by atomic mass is 79.9. The fourth-order valence-corrected chi connectivity index (χ4v) is 1.95. The van der Waals surface area contributed by atoms with Gasteiger partial charge in [-0.05, 0) is 15.9 Å². The number of carbonyl (C=O) groups is 1. The summed E-state index contributed by atoms with van der Waals surface area (Å²) in [4.78, 5) is 19.1. The number of hydrogen-bond acceptors (Lipinski definition) is 6. The number of aromatic amines is 1. The normalized spacial score (nSPS) is 10.2. The molecule has 1 amide bonds. The molecule has 15 heavy (non-hydrogen) atoms. The van der Waals surface area contributed by atoms with Crippen molar-refractivity contribution in [2.24, 2.45) is 0 Å². The lowest BCUT2D eigenvalue weighted by molar-refractivity contribution is 0.101. The molecule has 7 nitrogen and oxygen atoms in total. The van der Waals surface area contributed by atoms with Crippen LogP contribution >= 0.6 is 27.3 Å². The molecule has 2 heterocycles. The SMILES string of the molecule is Nc1n[nH]c(C(=O)Nc2ncc(Br)s2)n1. The maximum atomic E-state index is 11.5. The van der Waals surface area contributed by atoms with Gasteiger partial charge in [-0.1, -0.05) is 11.3 Å². The summed E-state index contributed by atoms with van der Waals surface area (Å²) in [7, 11) is 0. The summed E-state index contributed by atoms with van der Waals surface area (Å²) in [6.45, 7) is 0. The molecule has 0 aliphatic rings. The fraction of sp³-hybridized carbons (Fsp3) is 0. The summed E-state index contributed by atoms with van der Waals surface area (Å²) < 4.78 is 0.829.